The molecule has 5 heteroatoms. The first kappa shape index (κ1) is 12.6. The molecule has 2 heterocycles. The first-order chi connectivity index (χ1) is 9.06. The Balaban J connectivity index is 2.06. The number of halogens is 1. The highest BCUT2D eigenvalue weighted by Crippen LogP contribution is 2.39. The molecule has 0 aliphatic heterocycles. The zero-order valence-corrected chi connectivity index (χ0v) is 12.1. The first-order valence-corrected chi connectivity index (χ1v) is 7.04. The van der Waals surface area contributed by atoms with Crippen LogP contribution in [-0.2, 0) is 0 Å². The summed E-state index contributed by atoms with van der Waals surface area (Å²) in [5, 5.41) is 5.12. The lowest BCUT2D eigenvalue weighted by Crippen LogP contribution is -2.08. The molecule has 1 aliphatic rings. The van der Waals surface area contributed by atoms with Crippen molar-refractivity contribution in [3.63, 3.8) is 0 Å². The van der Waals surface area contributed by atoms with Crippen LogP contribution in [0.1, 0.15) is 55.6 Å². The van der Waals surface area contributed by atoms with E-state index in [2.05, 4.69) is 35.0 Å². The van der Waals surface area contributed by atoms with Gasteiger partial charge < -0.3 is 0 Å². The third-order valence-corrected chi connectivity index (χ3v) is 3.78. The van der Waals surface area contributed by atoms with E-state index in [-0.39, 0.29) is 5.92 Å². The minimum atomic E-state index is 0.246. The molecular weight excluding hydrogens is 260 g/mol. The van der Waals surface area contributed by atoms with Gasteiger partial charge in [0.25, 0.3) is 0 Å². The summed E-state index contributed by atoms with van der Waals surface area (Å²) in [5.41, 5.74) is 2.02. The Morgan fingerprint density at radius 2 is 2.05 bits per heavy atom. The van der Waals surface area contributed by atoms with Crippen molar-refractivity contribution >= 4 is 11.6 Å². The highest BCUT2D eigenvalue weighted by Gasteiger charge is 2.26. The summed E-state index contributed by atoms with van der Waals surface area (Å²) >= 11 is 6.20. The zero-order chi connectivity index (χ0) is 13.6. The highest BCUT2D eigenvalue weighted by molar-refractivity contribution is 6.30. The molecule has 0 aromatic carbocycles. The van der Waals surface area contributed by atoms with E-state index < -0.39 is 0 Å². The molecule has 4 nitrogen and oxygen atoms in total. The largest absolute Gasteiger partial charge is 0.222 e. The van der Waals surface area contributed by atoms with E-state index in [0.717, 1.165) is 22.9 Å². The molecule has 0 amide bonds. The predicted molar refractivity (Wildman–Crippen MR) is 75.0 cm³/mol. The molecule has 2 aromatic rings. The van der Waals surface area contributed by atoms with Crippen molar-refractivity contribution in [2.45, 2.75) is 45.4 Å². The monoisotopic (exact) mass is 276 g/mol. The Hall–Kier alpha value is -1.42. The van der Waals surface area contributed by atoms with Gasteiger partial charge in [0, 0.05) is 23.6 Å². The summed E-state index contributed by atoms with van der Waals surface area (Å²) in [5.74, 6) is 2.43. The van der Waals surface area contributed by atoms with Crippen LogP contribution in [0.2, 0.25) is 5.15 Å². The molecule has 0 spiro atoms. The fraction of sp³-hybridized carbons (Fsp3) is 0.500. The second-order valence-corrected chi connectivity index (χ2v) is 5.79. The normalized spacial score (nSPS) is 15.2. The summed E-state index contributed by atoms with van der Waals surface area (Å²) in [4.78, 5) is 8.93. The van der Waals surface area contributed by atoms with Gasteiger partial charge in [0.1, 0.15) is 11.0 Å². The van der Waals surface area contributed by atoms with Crippen LogP contribution < -0.4 is 0 Å². The van der Waals surface area contributed by atoms with Crippen molar-refractivity contribution in [2.75, 3.05) is 0 Å². The second-order valence-electron chi connectivity index (χ2n) is 5.44. The maximum absolute atomic E-state index is 6.20. The van der Waals surface area contributed by atoms with Gasteiger partial charge in [-0.1, -0.05) is 25.4 Å². The molecule has 100 valence electrons. The van der Waals surface area contributed by atoms with Crippen molar-refractivity contribution in [3.8, 4) is 5.82 Å². The third-order valence-electron chi connectivity index (χ3n) is 3.42. The van der Waals surface area contributed by atoms with Crippen LogP contribution in [0.25, 0.3) is 5.82 Å². The van der Waals surface area contributed by atoms with Gasteiger partial charge in [-0.25, -0.2) is 14.6 Å². The molecule has 1 fully saturated rings. The van der Waals surface area contributed by atoms with E-state index in [1.165, 1.54) is 12.8 Å². The molecular formula is C14H17ClN4. The summed E-state index contributed by atoms with van der Waals surface area (Å²) in [7, 11) is 0. The van der Waals surface area contributed by atoms with Crippen LogP contribution in [0.3, 0.4) is 0 Å². The molecule has 0 unspecified atom stereocenters. The average molecular weight is 277 g/mol. The molecule has 0 bridgehead atoms. The van der Waals surface area contributed by atoms with Gasteiger partial charge >= 0.3 is 0 Å². The molecule has 0 atom stereocenters. The number of hydrogen-bond donors (Lipinski definition) is 0. The maximum atomic E-state index is 6.20. The van der Waals surface area contributed by atoms with E-state index in [4.69, 9.17) is 11.6 Å². The maximum Gasteiger partial charge on any atom is 0.161 e. The van der Waals surface area contributed by atoms with Crippen LogP contribution in [0.4, 0.5) is 0 Å². The van der Waals surface area contributed by atoms with E-state index in [1.807, 2.05) is 17.8 Å². The van der Waals surface area contributed by atoms with E-state index >= 15 is 0 Å². The smallest absolute Gasteiger partial charge is 0.161 e. The molecule has 1 saturated carbocycles. The quantitative estimate of drug-likeness (QED) is 0.804. The molecule has 0 radical (unpaired) electrons. The van der Waals surface area contributed by atoms with Crippen molar-refractivity contribution in [3.05, 3.63) is 34.5 Å². The minimum Gasteiger partial charge on any atom is -0.222 e. The summed E-state index contributed by atoms with van der Waals surface area (Å²) in [6.45, 7) is 6.05. The van der Waals surface area contributed by atoms with Crippen molar-refractivity contribution < 1.29 is 0 Å². The average Bonchev–Trinajstić information content (AvgIpc) is 3.11. The van der Waals surface area contributed by atoms with Crippen LogP contribution in [0, 0.1) is 6.92 Å². The van der Waals surface area contributed by atoms with Crippen LogP contribution in [-0.4, -0.2) is 19.7 Å². The Morgan fingerprint density at radius 1 is 1.32 bits per heavy atom. The fourth-order valence-corrected chi connectivity index (χ4v) is 2.20. The molecule has 0 saturated heterocycles. The van der Waals surface area contributed by atoms with Gasteiger partial charge in [0.05, 0.1) is 5.69 Å². The molecule has 0 N–H and O–H groups in total. The topological polar surface area (TPSA) is 43.6 Å². The Labute approximate surface area is 117 Å². The number of hydrogen-bond acceptors (Lipinski definition) is 3. The number of nitrogens with zero attached hydrogens (tertiary/aromatic N) is 4. The summed E-state index contributed by atoms with van der Waals surface area (Å²) in [6, 6.07) is 2.07. The van der Waals surface area contributed by atoms with Gasteiger partial charge in [0.2, 0.25) is 0 Å². The van der Waals surface area contributed by atoms with Crippen LogP contribution in [0.5, 0.6) is 0 Å². The van der Waals surface area contributed by atoms with E-state index in [1.54, 1.807) is 0 Å². The third kappa shape index (κ3) is 2.37. The predicted octanol–water partition coefficient (Wildman–Crippen LogP) is 3.62. The molecule has 2 aromatic heterocycles. The van der Waals surface area contributed by atoms with E-state index in [0.29, 0.717) is 11.1 Å². The lowest BCUT2D eigenvalue weighted by molar-refractivity contribution is 0.734. The van der Waals surface area contributed by atoms with Crippen LogP contribution >= 0.6 is 11.6 Å². The lowest BCUT2D eigenvalue weighted by atomic mass is 10.2. The minimum absolute atomic E-state index is 0.246. The fourth-order valence-electron chi connectivity index (χ4n) is 2.03. The van der Waals surface area contributed by atoms with Gasteiger partial charge in [-0.2, -0.15) is 5.10 Å². The lowest BCUT2D eigenvalue weighted by Gasteiger charge is -2.10. The first-order valence-electron chi connectivity index (χ1n) is 6.66. The van der Waals surface area contributed by atoms with Gasteiger partial charge in [-0.05, 0) is 25.8 Å². The molecule has 19 heavy (non-hydrogen) atoms. The van der Waals surface area contributed by atoms with Crippen molar-refractivity contribution in [1.82, 2.24) is 19.7 Å². The highest BCUT2D eigenvalue weighted by atomic mass is 35.5. The van der Waals surface area contributed by atoms with Gasteiger partial charge in [-0.3, -0.25) is 0 Å². The SMILES string of the molecule is Cc1c(Cl)nc(C(C)C)nc1-n1ccc(C2CC2)n1. The van der Waals surface area contributed by atoms with Gasteiger partial charge in [-0.15, -0.1) is 0 Å². The standard InChI is InChI=1S/C14H17ClN4/c1-8(2)13-16-12(15)9(3)14(17-13)19-7-6-11(18-19)10-4-5-10/h6-8,10H,4-5H2,1-3H3. The Kier molecular flexibility index (Phi) is 3.05. The second kappa shape index (κ2) is 4.60. The van der Waals surface area contributed by atoms with Crippen molar-refractivity contribution in [1.29, 1.82) is 0 Å². The zero-order valence-electron chi connectivity index (χ0n) is 11.4. The summed E-state index contributed by atoms with van der Waals surface area (Å²) in [6.07, 6.45) is 4.46. The molecule has 3 rings (SSSR count). The molecule has 1 aliphatic carbocycles. The Morgan fingerprint density at radius 3 is 2.68 bits per heavy atom. The Bertz CT molecular complexity index is 614. The number of aromatic nitrogens is 4. The van der Waals surface area contributed by atoms with Crippen LogP contribution in [0.15, 0.2) is 12.3 Å². The summed E-state index contributed by atoms with van der Waals surface area (Å²) < 4.78 is 1.82. The number of rotatable bonds is 3. The van der Waals surface area contributed by atoms with Crippen molar-refractivity contribution in [2.24, 2.45) is 0 Å². The van der Waals surface area contributed by atoms with E-state index in [9.17, 15) is 0 Å². The van der Waals surface area contributed by atoms with Gasteiger partial charge in [0.15, 0.2) is 5.82 Å².